The van der Waals surface area contributed by atoms with Crippen LogP contribution in [-0.2, 0) is 13.6 Å². The summed E-state index contributed by atoms with van der Waals surface area (Å²) in [4.78, 5) is 12.5. The number of aromatic nitrogens is 1. The van der Waals surface area contributed by atoms with Gasteiger partial charge >= 0.3 is 0 Å². The minimum Gasteiger partial charge on any atom is -0.347 e. The average Bonchev–Trinajstić information content (AvgIpc) is 3.02. The minimum absolute atomic E-state index is 0.128. The number of carbonyl (C=O) groups is 1. The van der Waals surface area contributed by atoms with E-state index < -0.39 is 0 Å². The summed E-state index contributed by atoms with van der Waals surface area (Å²) >= 11 is 0. The van der Waals surface area contributed by atoms with Gasteiger partial charge in [-0.05, 0) is 29.8 Å². The Bertz CT molecular complexity index is 766. The number of para-hydroxylation sites is 1. The zero-order valence-corrected chi connectivity index (χ0v) is 13.0. The van der Waals surface area contributed by atoms with Crippen LogP contribution in [0.5, 0.6) is 0 Å². The van der Waals surface area contributed by atoms with Crippen molar-refractivity contribution in [2.75, 3.05) is 5.01 Å². The van der Waals surface area contributed by atoms with E-state index in [9.17, 15) is 4.79 Å². The van der Waals surface area contributed by atoms with Crippen LogP contribution in [-0.4, -0.2) is 10.5 Å². The third kappa shape index (κ3) is 3.61. The molecule has 0 saturated carbocycles. The standard InChI is InChI=1S/C19H19N3O/c1-21-14-8-13-18(21)19(23)20-22(17-11-6-3-7-12-17)15-16-9-4-2-5-10-16/h2-14H,15H2,1H3,(H,20,23). The van der Waals surface area contributed by atoms with Crippen LogP contribution in [0.15, 0.2) is 79.0 Å². The molecule has 1 heterocycles. The minimum atomic E-state index is -0.128. The van der Waals surface area contributed by atoms with Crippen LogP contribution in [0.3, 0.4) is 0 Å². The molecule has 1 aromatic heterocycles. The van der Waals surface area contributed by atoms with E-state index >= 15 is 0 Å². The smallest absolute Gasteiger partial charge is 0.286 e. The van der Waals surface area contributed by atoms with Crippen molar-refractivity contribution in [2.24, 2.45) is 7.05 Å². The lowest BCUT2D eigenvalue weighted by Crippen LogP contribution is -2.42. The van der Waals surface area contributed by atoms with Gasteiger partial charge in [-0.1, -0.05) is 48.5 Å². The second-order valence-electron chi connectivity index (χ2n) is 5.35. The van der Waals surface area contributed by atoms with E-state index in [4.69, 9.17) is 0 Å². The maximum atomic E-state index is 12.5. The molecule has 2 aromatic carbocycles. The lowest BCUT2D eigenvalue weighted by Gasteiger charge is -2.25. The monoisotopic (exact) mass is 305 g/mol. The molecule has 116 valence electrons. The second kappa shape index (κ2) is 6.83. The average molecular weight is 305 g/mol. The van der Waals surface area contributed by atoms with Gasteiger partial charge in [0.1, 0.15) is 5.69 Å². The van der Waals surface area contributed by atoms with Crippen LogP contribution in [0, 0.1) is 0 Å². The Kier molecular flexibility index (Phi) is 4.43. The maximum Gasteiger partial charge on any atom is 0.286 e. The predicted molar refractivity (Wildman–Crippen MR) is 91.9 cm³/mol. The Balaban J connectivity index is 1.83. The zero-order valence-electron chi connectivity index (χ0n) is 13.0. The molecule has 0 aliphatic carbocycles. The molecule has 3 aromatic rings. The Morgan fingerprint density at radius 3 is 2.22 bits per heavy atom. The van der Waals surface area contributed by atoms with Gasteiger partial charge in [-0.3, -0.25) is 15.2 Å². The third-order valence-electron chi connectivity index (χ3n) is 3.66. The maximum absolute atomic E-state index is 12.5. The van der Waals surface area contributed by atoms with Gasteiger partial charge in [0.25, 0.3) is 5.91 Å². The highest BCUT2D eigenvalue weighted by Crippen LogP contribution is 2.15. The molecule has 0 spiro atoms. The van der Waals surface area contributed by atoms with Gasteiger partial charge in [0, 0.05) is 13.2 Å². The lowest BCUT2D eigenvalue weighted by atomic mass is 10.2. The Labute approximate surface area is 136 Å². The first-order valence-corrected chi connectivity index (χ1v) is 7.53. The summed E-state index contributed by atoms with van der Waals surface area (Å²) in [6.45, 7) is 0.598. The van der Waals surface area contributed by atoms with Crippen LogP contribution in [0.25, 0.3) is 0 Å². The highest BCUT2D eigenvalue weighted by atomic mass is 16.2. The van der Waals surface area contributed by atoms with Gasteiger partial charge < -0.3 is 4.57 Å². The van der Waals surface area contributed by atoms with Crippen molar-refractivity contribution in [1.82, 2.24) is 9.99 Å². The van der Waals surface area contributed by atoms with E-state index in [-0.39, 0.29) is 5.91 Å². The number of benzene rings is 2. The van der Waals surface area contributed by atoms with Crippen molar-refractivity contribution in [2.45, 2.75) is 6.54 Å². The van der Waals surface area contributed by atoms with Crippen molar-refractivity contribution in [3.8, 4) is 0 Å². The van der Waals surface area contributed by atoms with Crippen molar-refractivity contribution in [3.05, 3.63) is 90.3 Å². The number of nitrogens with one attached hydrogen (secondary N) is 1. The zero-order chi connectivity index (χ0) is 16.1. The summed E-state index contributed by atoms with van der Waals surface area (Å²) in [5.41, 5.74) is 5.69. The molecule has 0 aliphatic rings. The Morgan fingerprint density at radius 1 is 0.957 bits per heavy atom. The molecule has 0 bridgehead atoms. The largest absolute Gasteiger partial charge is 0.347 e. The Morgan fingerprint density at radius 2 is 1.61 bits per heavy atom. The van der Waals surface area contributed by atoms with Crippen LogP contribution in [0.2, 0.25) is 0 Å². The number of hydrogen-bond acceptors (Lipinski definition) is 2. The summed E-state index contributed by atoms with van der Waals surface area (Å²) in [6, 6.07) is 23.6. The molecule has 0 unspecified atom stereocenters. The highest BCUT2D eigenvalue weighted by Gasteiger charge is 2.14. The molecule has 0 fully saturated rings. The van der Waals surface area contributed by atoms with Gasteiger partial charge in [-0.15, -0.1) is 0 Å². The summed E-state index contributed by atoms with van der Waals surface area (Å²) in [5, 5.41) is 1.87. The molecular weight excluding hydrogens is 286 g/mol. The SMILES string of the molecule is Cn1cccc1C(=O)NN(Cc1ccccc1)c1ccccc1. The molecular formula is C19H19N3O. The number of rotatable bonds is 5. The summed E-state index contributed by atoms with van der Waals surface area (Å²) in [5.74, 6) is -0.128. The third-order valence-corrected chi connectivity index (χ3v) is 3.66. The molecule has 1 N–H and O–H groups in total. The number of carbonyl (C=O) groups excluding carboxylic acids is 1. The van der Waals surface area contributed by atoms with E-state index in [1.807, 2.05) is 85.0 Å². The van der Waals surface area contributed by atoms with E-state index in [0.717, 1.165) is 11.3 Å². The van der Waals surface area contributed by atoms with Crippen LogP contribution in [0.4, 0.5) is 5.69 Å². The summed E-state index contributed by atoms with van der Waals surface area (Å²) in [6.07, 6.45) is 1.86. The number of hydrogen-bond donors (Lipinski definition) is 1. The predicted octanol–water partition coefficient (Wildman–Crippen LogP) is 3.38. The molecule has 0 saturated heterocycles. The number of nitrogens with zero attached hydrogens (tertiary/aromatic N) is 2. The Hall–Kier alpha value is -3.01. The lowest BCUT2D eigenvalue weighted by molar-refractivity contribution is 0.0940. The van der Waals surface area contributed by atoms with Gasteiger partial charge in [-0.25, -0.2) is 0 Å². The fourth-order valence-corrected chi connectivity index (χ4v) is 2.45. The molecule has 4 nitrogen and oxygen atoms in total. The van der Waals surface area contributed by atoms with Crippen LogP contribution in [0.1, 0.15) is 16.1 Å². The van der Waals surface area contributed by atoms with E-state index in [2.05, 4.69) is 5.43 Å². The van der Waals surface area contributed by atoms with Crippen LogP contribution < -0.4 is 10.4 Å². The first-order valence-electron chi connectivity index (χ1n) is 7.53. The van der Waals surface area contributed by atoms with Gasteiger partial charge in [0.2, 0.25) is 0 Å². The van der Waals surface area contributed by atoms with E-state index in [1.165, 1.54) is 0 Å². The summed E-state index contributed by atoms with van der Waals surface area (Å²) in [7, 11) is 1.86. The molecule has 3 rings (SSSR count). The van der Waals surface area contributed by atoms with Crippen molar-refractivity contribution >= 4 is 11.6 Å². The number of anilines is 1. The quantitative estimate of drug-likeness (QED) is 0.734. The second-order valence-corrected chi connectivity index (χ2v) is 5.35. The van der Waals surface area contributed by atoms with Crippen molar-refractivity contribution in [1.29, 1.82) is 0 Å². The molecule has 1 amide bonds. The molecule has 0 aliphatic heterocycles. The molecule has 23 heavy (non-hydrogen) atoms. The van der Waals surface area contributed by atoms with Crippen molar-refractivity contribution < 1.29 is 4.79 Å². The van der Waals surface area contributed by atoms with E-state index in [1.54, 1.807) is 10.6 Å². The van der Waals surface area contributed by atoms with Gasteiger partial charge in [0.15, 0.2) is 0 Å². The first-order chi connectivity index (χ1) is 11.2. The fourth-order valence-electron chi connectivity index (χ4n) is 2.45. The normalized spacial score (nSPS) is 10.3. The van der Waals surface area contributed by atoms with E-state index in [0.29, 0.717) is 12.2 Å². The molecule has 0 atom stereocenters. The first kappa shape index (κ1) is 14.9. The van der Waals surface area contributed by atoms with Crippen molar-refractivity contribution in [3.63, 3.8) is 0 Å². The number of aryl methyl sites for hydroxylation is 1. The molecule has 4 heteroatoms. The highest BCUT2D eigenvalue weighted by molar-refractivity contribution is 5.93. The number of hydrazine groups is 1. The molecule has 0 radical (unpaired) electrons. The van der Waals surface area contributed by atoms with Gasteiger partial charge in [0.05, 0.1) is 12.2 Å². The van der Waals surface area contributed by atoms with Gasteiger partial charge in [-0.2, -0.15) is 0 Å². The fraction of sp³-hybridized carbons (Fsp3) is 0.105. The topological polar surface area (TPSA) is 37.3 Å². The number of amides is 1. The summed E-state index contributed by atoms with van der Waals surface area (Å²) < 4.78 is 1.81. The van der Waals surface area contributed by atoms with Crippen LogP contribution >= 0.6 is 0 Å².